The number of imidazole rings is 1. The van der Waals surface area contributed by atoms with Gasteiger partial charge in [0.25, 0.3) is 11.6 Å². The Balaban J connectivity index is 1.48. The number of nitro groups is 1. The molecule has 10 heteroatoms. The molecular formula is C16H13N5O4S. The lowest BCUT2D eigenvalue weighted by atomic mass is 10.2. The molecule has 2 amide bonds. The van der Waals surface area contributed by atoms with Crippen molar-refractivity contribution >= 4 is 40.3 Å². The first-order valence-electron chi connectivity index (χ1n) is 7.44. The van der Waals surface area contributed by atoms with E-state index >= 15 is 0 Å². The molecule has 0 unspecified atom stereocenters. The lowest BCUT2D eigenvalue weighted by molar-refractivity contribution is -0.384. The molecule has 0 saturated heterocycles. The predicted molar refractivity (Wildman–Crippen MR) is 95.5 cm³/mol. The van der Waals surface area contributed by atoms with E-state index in [4.69, 9.17) is 0 Å². The van der Waals surface area contributed by atoms with E-state index in [2.05, 4.69) is 20.8 Å². The molecule has 0 aliphatic rings. The highest BCUT2D eigenvalue weighted by atomic mass is 32.2. The Kier molecular flexibility index (Phi) is 5.13. The van der Waals surface area contributed by atoms with E-state index in [1.807, 2.05) is 24.3 Å². The highest BCUT2D eigenvalue weighted by molar-refractivity contribution is 7.99. The fourth-order valence-electron chi connectivity index (χ4n) is 2.10. The number of non-ortho nitro benzene ring substituents is 1. The number of hydrogen-bond acceptors (Lipinski definition) is 6. The van der Waals surface area contributed by atoms with E-state index in [1.165, 1.54) is 36.0 Å². The maximum absolute atomic E-state index is 11.9. The van der Waals surface area contributed by atoms with Crippen LogP contribution in [0, 0.1) is 10.1 Å². The van der Waals surface area contributed by atoms with Crippen molar-refractivity contribution in [1.29, 1.82) is 0 Å². The minimum atomic E-state index is -0.568. The van der Waals surface area contributed by atoms with Gasteiger partial charge in [-0.1, -0.05) is 23.9 Å². The number of benzene rings is 2. The number of rotatable bonds is 5. The van der Waals surface area contributed by atoms with Gasteiger partial charge in [-0.3, -0.25) is 30.6 Å². The van der Waals surface area contributed by atoms with Gasteiger partial charge in [0.05, 0.1) is 21.7 Å². The molecule has 2 aromatic carbocycles. The summed E-state index contributed by atoms with van der Waals surface area (Å²) >= 11 is 1.20. The van der Waals surface area contributed by atoms with Gasteiger partial charge in [-0.2, -0.15) is 0 Å². The molecule has 3 aromatic rings. The zero-order chi connectivity index (χ0) is 18.5. The molecule has 0 aliphatic carbocycles. The second-order valence-electron chi connectivity index (χ2n) is 5.15. The van der Waals surface area contributed by atoms with Crippen LogP contribution in [0.15, 0.2) is 53.7 Å². The summed E-state index contributed by atoms with van der Waals surface area (Å²) in [5.74, 6) is -0.923. The molecule has 1 aromatic heterocycles. The first kappa shape index (κ1) is 17.4. The lowest BCUT2D eigenvalue weighted by Gasteiger charge is -2.06. The van der Waals surface area contributed by atoms with Crippen molar-refractivity contribution in [3.8, 4) is 0 Å². The topological polar surface area (TPSA) is 130 Å². The van der Waals surface area contributed by atoms with Crippen LogP contribution < -0.4 is 10.9 Å². The summed E-state index contributed by atoms with van der Waals surface area (Å²) in [6.07, 6.45) is 0. The van der Waals surface area contributed by atoms with Gasteiger partial charge in [0.2, 0.25) is 5.91 Å². The zero-order valence-corrected chi connectivity index (χ0v) is 14.1. The van der Waals surface area contributed by atoms with Crippen LogP contribution in [0.2, 0.25) is 0 Å². The van der Waals surface area contributed by atoms with Gasteiger partial charge in [-0.15, -0.1) is 0 Å². The monoisotopic (exact) mass is 371 g/mol. The van der Waals surface area contributed by atoms with Crippen molar-refractivity contribution in [1.82, 2.24) is 20.8 Å². The molecule has 0 fully saturated rings. The van der Waals surface area contributed by atoms with Crippen LogP contribution >= 0.6 is 11.8 Å². The van der Waals surface area contributed by atoms with Gasteiger partial charge in [0.1, 0.15) is 0 Å². The quantitative estimate of drug-likeness (QED) is 0.357. The van der Waals surface area contributed by atoms with Gasteiger partial charge in [-0.05, 0) is 24.3 Å². The van der Waals surface area contributed by atoms with Gasteiger partial charge < -0.3 is 4.98 Å². The summed E-state index contributed by atoms with van der Waals surface area (Å²) in [5.41, 5.74) is 6.31. The molecule has 9 nitrogen and oxygen atoms in total. The standard InChI is InChI=1S/C16H13N5O4S/c22-14(9-26-16-17-12-3-1-2-4-13(12)18-16)19-20-15(23)10-5-7-11(8-6-10)21(24)25/h1-8H,9H2,(H,17,18)(H,19,22)(H,20,23). The average Bonchev–Trinajstić information content (AvgIpc) is 3.07. The third kappa shape index (κ3) is 4.16. The number of hydrogen-bond donors (Lipinski definition) is 3. The Bertz CT molecular complexity index is 937. The molecule has 0 radical (unpaired) electrons. The van der Waals surface area contributed by atoms with Crippen molar-refractivity contribution in [3.63, 3.8) is 0 Å². The second kappa shape index (κ2) is 7.66. The van der Waals surface area contributed by atoms with E-state index < -0.39 is 16.7 Å². The smallest absolute Gasteiger partial charge is 0.269 e. The van der Waals surface area contributed by atoms with E-state index in [9.17, 15) is 19.7 Å². The number of nitrogens with one attached hydrogen (secondary N) is 3. The van der Waals surface area contributed by atoms with Gasteiger partial charge in [0, 0.05) is 17.7 Å². The third-order valence-electron chi connectivity index (χ3n) is 3.36. The zero-order valence-electron chi connectivity index (χ0n) is 13.3. The number of fused-ring (bicyclic) bond motifs is 1. The van der Waals surface area contributed by atoms with Crippen molar-refractivity contribution in [3.05, 3.63) is 64.2 Å². The number of hydrazine groups is 1. The van der Waals surface area contributed by atoms with Crippen molar-refractivity contribution in [2.24, 2.45) is 0 Å². The molecule has 132 valence electrons. The number of para-hydroxylation sites is 2. The molecule has 0 saturated carbocycles. The molecule has 26 heavy (non-hydrogen) atoms. The number of nitro benzene ring substituents is 1. The fourth-order valence-corrected chi connectivity index (χ4v) is 2.79. The van der Waals surface area contributed by atoms with Crippen LogP contribution in [0.3, 0.4) is 0 Å². The predicted octanol–water partition coefficient (Wildman–Crippen LogP) is 2.02. The minimum Gasteiger partial charge on any atom is -0.333 e. The molecule has 0 bridgehead atoms. The molecule has 3 N–H and O–H groups in total. The fraction of sp³-hybridized carbons (Fsp3) is 0.0625. The van der Waals surface area contributed by atoms with Crippen LogP contribution in [0.25, 0.3) is 11.0 Å². The first-order valence-corrected chi connectivity index (χ1v) is 8.42. The number of carbonyl (C=O) groups excluding carboxylic acids is 2. The van der Waals surface area contributed by atoms with Crippen LogP contribution in [0.5, 0.6) is 0 Å². The number of H-pyrrole nitrogens is 1. The number of amides is 2. The normalized spacial score (nSPS) is 10.5. The largest absolute Gasteiger partial charge is 0.333 e. The third-order valence-corrected chi connectivity index (χ3v) is 4.24. The Labute approximate surface area is 151 Å². The Morgan fingerprint density at radius 2 is 1.85 bits per heavy atom. The average molecular weight is 371 g/mol. The molecule has 1 heterocycles. The second-order valence-corrected chi connectivity index (χ2v) is 6.12. The molecule has 0 atom stereocenters. The van der Waals surface area contributed by atoms with Gasteiger partial charge >= 0.3 is 0 Å². The van der Waals surface area contributed by atoms with Gasteiger partial charge in [-0.25, -0.2) is 4.98 Å². The Morgan fingerprint density at radius 1 is 1.12 bits per heavy atom. The Morgan fingerprint density at radius 3 is 2.54 bits per heavy atom. The lowest BCUT2D eigenvalue weighted by Crippen LogP contribution is -2.42. The number of thioether (sulfide) groups is 1. The molecule has 0 aliphatic heterocycles. The number of aromatic nitrogens is 2. The van der Waals surface area contributed by atoms with E-state index in [-0.39, 0.29) is 17.0 Å². The summed E-state index contributed by atoms with van der Waals surface area (Å²) in [5, 5.41) is 11.2. The number of carbonyl (C=O) groups is 2. The summed E-state index contributed by atoms with van der Waals surface area (Å²) in [7, 11) is 0. The van der Waals surface area contributed by atoms with Crippen LogP contribution in [0.1, 0.15) is 10.4 Å². The van der Waals surface area contributed by atoms with Crippen molar-refractivity contribution in [2.75, 3.05) is 5.75 Å². The SMILES string of the molecule is O=C(CSc1nc2ccccc2[nH]1)NNC(=O)c1ccc([N+](=O)[O-])cc1. The van der Waals surface area contributed by atoms with Crippen molar-refractivity contribution < 1.29 is 14.5 Å². The maximum atomic E-state index is 11.9. The summed E-state index contributed by atoms with van der Waals surface area (Å²) in [6.45, 7) is 0. The van der Waals surface area contributed by atoms with E-state index in [0.717, 1.165) is 11.0 Å². The maximum Gasteiger partial charge on any atom is 0.269 e. The highest BCUT2D eigenvalue weighted by Crippen LogP contribution is 2.18. The summed E-state index contributed by atoms with van der Waals surface area (Å²) < 4.78 is 0. The van der Waals surface area contributed by atoms with Crippen LogP contribution in [0.4, 0.5) is 5.69 Å². The first-order chi connectivity index (χ1) is 12.5. The van der Waals surface area contributed by atoms with Crippen molar-refractivity contribution in [2.45, 2.75) is 5.16 Å². The van der Waals surface area contributed by atoms with E-state index in [0.29, 0.717) is 5.16 Å². The Hall–Kier alpha value is -3.40. The van der Waals surface area contributed by atoms with E-state index in [1.54, 1.807) is 0 Å². The minimum absolute atomic E-state index is 0.0559. The highest BCUT2D eigenvalue weighted by Gasteiger charge is 2.11. The number of nitrogens with zero attached hydrogens (tertiary/aromatic N) is 2. The molecular weight excluding hydrogens is 358 g/mol. The van der Waals surface area contributed by atoms with Gasteiger partial charge in [0.15, 0.2) is 5.16 Å². The number of aromatic amines is 1. The van der Waals surface area contributed by atoms with Crippen LogP contribution in [-0.4, -0.2) is 32.5 Å². The van der Waals surface area contributed by atoms with Crippen LogP contribution in [-0.2, 0) is 4.79 Å². The molecule has 0 spiro atoms. The summed E-state index contributed by atoms with van der Waals surface area (Å²) in [4.78, 5) is 41.2. The summed E-state index contributed by atoms with van der Waals surface area (Å²) in [6, 6.07) is 12.6. The molecule has 3 rings (SSSR count).